The van der Waals surface area contributed by atoms with Crippen molar-refractivity contribution in [1.29, 1.82) is 0 Å². The number of ether oxygens (including phenoxy) is 2. The average molecular weight is 337 g/mol. The molecule has 2 saturated heterocycles. The van der Waals surface area contributed by atoms with Crippen LogP contribution in [0.4, 0.5) is 0 Å². The first-order valence-corrected chi connectivity index (χ1v) is 9.24. The molecule has 1 saturated carbocycles. The second-order valence-electron chi connectivity index (χ2n) is 7.24. The monoisotopic (exact) mass is 337 g/mol. The van der Waals surface area contributed by atoms with Gasteiger partial charge in [0.05, 0.1) is 31.5 Å². The number of rotatable bonds is 8. The lowest BCUT2D eigenvalue weighted by Crippen LogP contribution is -2.35. The summed E-state index contributed by atoms with van der Waals surface area (Å²) < 4.78 is 16.5. The van der Waals surface area contributed by atoms with E-state index in [0.29, 0.717) is 25.7 Å². The molecular formula is C17H27N3O4. The van der Waals surface area contributed by atoms with E-state index in [-0.39, 0.29) is 12.1 Å². The maximum Gasteiger partial charge on any atom is 0.229 e. The van der Waals surface area contributed by atoms with Crippen LogP contribution in [0, 0.1) is 0 Å². The molecule has 3 heterocycles. The van der Waals surface area contributed by atoms with Gasteiger partial charge in [0.2, 0.25) is 5.89 Å². The van der Waals surface area contributed by atoms with Crippen molar-refractivity contribution in [2.45, 2.75) is 62.7 Å². The van der Waals surface area contributed by atoms with Crippen molar-refractivity contribution >= 4 is 0 Å². The van der Waals surface area contributed by atoms with E-state index in [1.807, 2.05) is 0 Å². The van der Waals surface area contributed by atoms with Crippen molar-refractivity contribution in [3.63, 3.8) is 0 Å². The van der Waals surface area contributed by atoms with E-state index >= 15 is 0 Å². The van der Waals surface area contributed by atoms with Crippen molar-refractivity contribution in [2.24, 2.45) is 0 Å². The molecule has 0 aromatic carbocycles. The number of aromatic nitrogens is 2. The number of hydrogen-bond acceptors (Lipinski definition) is 7. The Morgan fingerprint density at radius 2 is 2.17 bits per heavy atom. The van der Waals surface area contributed by atoms with Gasteiger partial charge >= 0.3 is 0 Å². The fourth-order valence-electron chi connectivity index (χ4n) is 3.65. The molecule has 0 amide bonds. The molecule has 3 fully saturated rings. The molecule has 3 aliphatic rings. The van der Waals surface area contributed by atoms with E-state index in [4.69, 9.17) is 14.0 Å². The number of aliphatic hydroxyl groups excluding tert-OH is 1. The molecule has 4 rings (SSSR count). The molecule has 1 aromatic heterocycles. The Hall–Kier alpha value is -1.02. The molecule has 3 atom stereocenters. The molecule has 1 aliphatic carbocycles. The lowest BCUT2D eigenvalue weighted by atomic mass is 10.2. The van der Waals surface area contributed by atoms with Crippen LogP contribution in [0.3, 0.4) is 0 Å². The Morgan fingerprint density at radius 3 is 2.96 bits per heavy atom. The topological polar surface area (TPSA) is 80.9 Å². The number of nitrogens with zero attached hydrogens (tertiary/aromatic N) is 3. The maximum atomic E-state index is 10.3. The van der Waals surface area contributed by atoms with Crippen molar-refractivity contribution in [2.75, 3.05) is 32.9 Å². The highest BCUT2D eigenvalue weighted by atomic mass is 16.5. The SMILES string of the molecule is OC(COCC1CCCO1)CN1CCCC1c1noc(C2CC2)n1. The quantitative estimate of drug-likeness (QED) is 0.772. The fourth-order valence-corrected chi connectivity index (χ4v) is 3.65. The highest BCUT2D eigenvalue weighted by molar-refractivity contribution is 5.05. The molecule has 1 aromatic rings. The van der Waals surface area contributed by atoms with Crippen LogP contribution in [0.15, 0.2) is 4.52 Å². The molecule has 2 aliphatic heterocycles. The van der Waals surface area contributed by atoms with Gasteiger partial charge in [-0.25, -0.2) is 0 Å². The Balaban J connectivity index is 1.24. The summed E-state index contributed by atoms with van der Waals surface area (Å²) in [6, 6.07) is 0.161. The molecule has 7 nitrogen and oxygen atoms in total. The Kier molecular flexibility index (Phi) is 5.12. The predicted molar refractivity (Wildman–Crippen MR) is 85.6 cm³/mol. The lowest BCUT2D eigenvalue weighted by Gasteiger charge is -2.24. The minimum Gasteiger partial charge on any atom is -0.389 e. The smallest absolute Gasteiger partial charge is 0.229 e. The normalized spacial score (nSPS) is 29.4. The van der Waals surface area contributed by atoms with Crippen LogP contribution in [0.1, 0.15) is 62.2 Å². The molecule has 0 spiro atoms. The van der Waals surface area contributed by atoms with Crippen LogP contribution in [0.2, 0.25) is 0 Å². The first kappa shape index (κ1) is 16.4. The van der Waals surface area contributed by atoms with Gasteiger partial charge < -0.3 is 19.1 Å². The van der Waals surface area contributed by atoms with Gasteiger partial charge in [-0.3, -0.25) is 4.90 Å². The van der Waals surface area contributed by atoms with Crippen LogP contribution in [-0.4, -0.2) is 65.3 Å². The van der Waals surface area contributed by atoms with Crippen molar-refractivity contribution < 1.29 is 19.1 Å². The van der Waals surface area contributed by atoms with Gasteiger partial charge in [-0.2, -0.15) is 4.98 Å². The van der Waals surface area contributed by atoms with Crippen LogP contribution in [0.5, 0.6) is 0 Å². The van der Waals surface area contributed by atoms with Gasteiger partial charge in [-0.15, -0.1) is 0 Å². The summed E-state index contributed by atoms with van der Waals surface area (Å²) in [5.41, 5.74) is 0. The van der Waals surface area contributed by atoms with Crippen molar-refractivity contribution in [3.8, 4) is 0 Å². The highest BCUT2D eigenvalue weighted by Gasteiger charge is 2.34. The van der Waals surface area contributed by atoms with Crippen LogP contribution < -0.4 is 0 Å². The number of β-amino-alcohol motifs (C(OH)–C–C–N with tert-alkyl or cyclic N) is 1. The Bertz CT molecular complexity index is 528. The molecular weight excluding hydrogens is 310 g/mol. The van der Waals surface area contributed by atoms with Gasteiger partial charge in [0.1, 0.15) is 0 Å². The van der Waals surface area contributed by atoms with Crippen LogP contribution in [0.25, 0.3) is 0 Å². The second kappa shape index (κ2) is 7.47. The fraction of sp³-hybridized carbons (Fsp3) is 0.882. The highest BCUT2D eigenvalue weighted by Crippen LogP contribution is 2.40. The van der Waals surface area contributed by atoms with E-state index < -0.39 is 6.10 Å². The Morgan fingerprint density at radius 1 is 1.25 bits per heavy atom. The van der Waals surface area contributed by atoms with Gasteiger partial charge in [0.25, 0.3) is 0 Å². The van der Waals surface area contributed by atoms with Crippen LogP contribution >= 0.6 is 0 Å². The summed E-state index contributed by atoms with van der Waals surface area (Å²) >= 11 is 0. The van der Waals surface area contributed by atoms with E-state index in [2.05, 4.69) is 15.0 Å². The van der Waals surface area contributed by atoms with E-state index in [9.17, 15) is 5.11 Å². The largest absolute Gasteiger partial charge is 0.389 e. The molecule has 3 unspecified atom stereocenters. The van der Waals surface area contributed by atoms with Crippen LogP contribution in [-0.2, 0) is 9.47 Å². The summed E-state index contributed by atoms with van der Waals surface area (Å²) in [5, 5.41) is 14.5. The zero-order chi connectivity index (χ0) is 16.4. The average Bonchev–Trinajstić information content (AvgIpc) is 2.98. The van der Waals surface area contributed by atoms with Crippen molar-refractivity contribution in [1.82, 2.24) is 15.0 Å². The standard InChI is InChI=1S/C17H27N3O4/c21-13(10-22-11-14-3-2-8-23-14)9-20-7-1-4-15(20)16-18-17(24-19-16)12-5-6-12/h12-15,21H,1-11H2. The zero-order valence-corrected chi connectivity index (χ0v) is 14.1. The third kappa shape index (κ3) is 3.96. The number of hydrogen-bond donors (Lipinski definition) is 1. The van der Waals surface area contributed by atoms with E-state index in [1.165, 1.54) is 0 Å². The van der Waals surface area contributed by atoms with Gasteiger partial charge in [-0.05, 0) is 45.1 Å². The molecule has 24 heavy (non-hydrogen) atoms. The molecule has 1 N–H and O–H groups in total. The van der Waals surface area contributed by atoms with E-state index in [1.54, 1.807) is 0 Å². The summed E-state index contributed by atoms with van der Waals surface area (Å²) in [6.07, 6.45) is 6.33. The minimum atomic E-state index is -0.498. The molecule has 7 heteroatoms. The maximum absolute atomic E-state index is 10.3. The van der Waals surface area contributed by atoms with Gasteiger partial charge in [0, 0.05) is 19.1 Å². The molecule has 0 bridgehead atoms. The van der Waals surface area contributed by atoms with Crippen molar-refractivity contribution in [3.05, 3.63) is 11.7 Å². The number of aliphatic hydroxyl groups is 1. The summed E-state index contributed by atoms with van der Waals surface area (Å²) in [5.74, 6) is 2.05. The summed E-state index contributed by atoms with van der Waals surface area (Å²) in [7, 11) is 0. The zero-order valence-electron chi connectivity index (χ0n) is 14.1. The molecule has 134 valence electrons. The van der Waals surface area contributed by atoms with Gasteiger partial charge in [-0.1, -0.05) is 5.16 Å². The summed E-state index contributed by atoms with van der Waals surface area (Å²) in [6.45, 7) is 3.31. The minimum absolute atomic E-state index is 0.161. The number of likely N-dealkylation sites (tertiary alicyclic amines) is 1. The first-order valence-electron chi connectivity index (χ1n) is 9.24. The second-order valence-corrected chi connectivity index (χ2v) is 7.24. The third-order valence-corrected chi connectivity index (χ3v) is 5.13. The van der Waals surface area contributed by atoms with E-state index in [0.717, 1.165) is 63.4 Å². The molecule has 0 radical (unpaired) electrons. The first-order chi connectivity index (χ1) is 11.8. The van der Waals surface area contributed by atoms with Gasteiger partial charge in [0.15, 0.2) is 5.82 Å². The Labute approximate surface area is 142 Å². The predicted octanol–water partition coefficient (Wildman–Crippen LogP) is 1.64. The summed E-state index contributed by atoms with van der Waals surface area (Å²) in [4.78, 5) is 6.83. The lowest BCUT2D eigenvalue weighted by molar-refractivity contribution is -0.0264. The third-order valence-electron chi connectivity index (χ3n) is 5.13.